The number of hydrogen-bond donors (Lipinski definition) is 3. The summed E-state index contributed by atoms with van der Waals surface area (Å²) in [6.45, 7) is 2.45. The SMILES string of the molecule is Cc1oc(CSCCCN)cc1C(=O)NN. The molecular formula is C10H17N3O2S. The van der Waals surface area contributed by atoms with Crippen molar-refractivity contribution in [2.24, 2.45) is 11.6 Å². The van der Waals surface area contributed by atoms with E-state index >= 15 is 0 Å². The predicted octanol–water partition coefficient (Wildman–Crippen LogP) is 0.774. The first-order chi connectivity index (χ1) is 7.69. The zero-order valence-corrected chi connectivity index (χ0v) is 10.1. The lowest BCUT2D eigenvalue weighted by atomic mass is 10.2. The van der Waals surface area contributed by atoms with Gasteiger partial charge in [-0.05, 0) is 31.7 Å². The number of rotatable bonds is 6. The van der Waals surface area contributed by atoms with Crippen molar-refractivity contribution in [3.05, 3.63) is 23.2 Å². The lowest BCUT2D eigenvalue weighted by molar-refractivity contribution is 0.0952. The third kappa shape index (κ3) is 3.55. The van der Waals surface area contributed by atoms with Crippen LogP contribution >= 0.6 is 11.8 Å². The highest BCUT2D eigenvalue weighted by Gasteiger charge is 2.13. The Morgan fingerprint density at radius 3 is 3.00 bits per heavy atom. The molecule has 0 saturated carbocycles. The largest absolute Gasteiger partial charge is 0.465 e. The number of aryl methyl sites for hydroxylation is 1. The van der Waals surface area contributed by atoms with Crippen molar-refractivity contribution in [3.63, 3.8) is 0 Å². The lowest BCUT2D eigenvalue weighted by Crippen LogP contribution is -2.30. The fraction of sp³-hybridized carbons (Fsp3) is 0.500. The molecule has 1 aromatic rings. The molecule has 0 spiro atoms. The zero-order valence-electron chi connectivity index (χ0n) is 9.29. The molecule has 0 aromatic carbocycles. The van der Waals surface area contributed by atoms with Crippen molar-refractivity contribution in [2.75, 3.05) is 12.3 Å². The second-order valence-electron chi connectivity index (χ2n) is 3.35. The minimum atomic E-state index is -0.320. The molecule has 0 radical (unpaired) electrons. The molecule has 0 aliphatic rings. The van der Waals surface area contributed by atoms with Gasteiger partial charge in [-0.1, -0.05) is 0 Å². The zero-order chi connectivity index (χ0) is 12.0. The molecule has 1 heterocycles. The average Bonchev–Trinajstić information content (AvgIpc) is 2.65. The van der Waals surface area contributed by atoms with E-state index in [9.17, 15) is 4.79 Å². The Bertz CT molecular complexity index is 352. The molecule has 0 aliphatic carbocycles. The van der Waals surface area contributed by atoms with Crippen LogP contribution in [0.5, 0.6) is 0 Å². The fourth-order valence-corrected chi connectivity index (χ4v) is 2.13. The molecule has 0 saturated heterocycles. The molecular weight excluding hydrogens is 226 g/mol. The number of nitrogens with one attached hydrogen (secondary N) is 1. The maximum Gasteiger partial charge on any atom is 0.268 e. The van der Waals surface area contributed by atoms with Gasteiger partial charge in [0.1, 0.15) is 11.5 Å². The Morgan fingerprint density at radius 2 is 2.38 bits per heavy atom. The summed E-state index contributed by atoms with van der Waals surface area (Å²) in [5, 5.41) is 0. The van der Waals surface area contributed by atoms with Crippen LogP contribution in [0, 0.1) is 6.92 Å². The Hall–Kier alpha value is -0.980. The maximum absolute atomic E-state index is 11.3. The van der Waals surface area contributed by atoms with Crippen LogP contribution < -0.4 is 17.0 Å². The van der Waals surface area contributed by atoms with Crippen molar-refractivity contribution in [1.82, 2.24) is 5.43 Å². The van der Waals surface area contributed by atoms with Crippen LogP contribution in [-0.2, 0) is 5.75 Å². The highest BCUT2D eigenvalue weighted by Crippen LogP contribution is 2.19. The van der Waals surface area contributed by atoms with E-state index in [-0.39, 0.29) is 5.91 Å². The summed E-state index contributed by atoms with van der Waals surface area (Å²) in [5.74, 6) is 7.87. The molecule has 0 fully saturated rings. The first-order valence-corrected chi connectivity index (χ1v) is 6.22. The molecule has 1 rings (SSSR count). The number of nitrogen functional groups attached to an aromatic ring is 1. The van der Waals surface area contributed by atoms with Gasteiger partial charge in [-0.2, -0.15) is 11.8 Å². The molecule has 1 amide bonds. The highest BCUT2D eigenvalue weighted by molar-refractivity contribution is 7.98. The first kappa shape index (κ1) is 13.1. The van der Waals surface area contributed by atoms with Gasteiger partial charge in [0.05, 0.1) is 11.3 Å². The second kappa shape index (κ2) is 6.57. The molecule has 0 unspecified atom stereocenters. The third-order valence-corrected chi connectivity index (χ3v) is 3.15. The van der Waals surface area contributed by atoms with Crippen LogP contribution in [0.4, 0.5) is 0 Å². The number of nitrogens with two attached hydrogens (primary N) is 2. The summed E-state index contributed by atoms with van der Waals surface area (Å²) < 4.78 is 5.45. The molecule has 16 heavy (non-hydrogen) atoms. The quantitative estimate of drug-likeness (QED) is 0.297. The topological polar surface area (TPSA) is 94.3 Å². The molecule has 0 bridgehead atoms. The third-order valence-electron chi connectivity index (χ3n) is 2.08. The minimum absolute atomic E-state index is 0.320. The van der Waals surface area contributed by atoms with Crippen LogP contribution in [0.15, 0.2) is 10.5 Å². The summed E-state index contributed by atoms with van der Waals surface area (Å²) in [4.78, 5) is 11.3. The van der Waals surface area contributed by atoms with Crippen LogP contribution in [0.1, 0.15) is 28.3 Å². The molecule has 0 atom stereocenters. The van der Waals surface area contributed by atoms with Crippen LogP contribution in [0.3, 0.4) is 0 Å². The summed E-state index contributed by atoms with van der Waals surface area (Å²) in [7, 11) is 0. The number of furan rings is 1. The number of hydrogen-bond acceptors (Lipinski definition) is 5. The van der Waals surface area contributed by atoms with Gasteiger partial charge in [0.25, 0.3) is 5.91 Å². The van der Waals surface area contributed by atoms with Gasteiger partial charge in [0.15, 0.2) is 0 Å². The van der Waals surface area contributed by atoms with E-state index < -0.39 is 0 Å². The molecule has 1 aromatic heterocycles. The average molecular weight is 243 g/mol. The van der Waals surface area contributed by atoms with Gasteiger partial charge in [0.2, 0.25) is 0 Å². The molecule has 90 valence electrons. The highest BCUT2D eigenvalue weighted by atomic mass is 32.2. The number of thioether (sulfide) groups is 1. The van der Waals surface area contributed by atoms with Crippen LogP contribution in [0.2, 0.25) is 0 Å². The summed E-state index contributed by atoms with van der Waals surface area (Å²) in [6, 6.07) is 1.73. The molecule has 5 N–H and O–H groups in total. The standard InChI is InChI=1S/C10H17N3O2S/c1-7-9(10(14)13-12)5-8(15-7)6-16-4-2-3-11/h5H,2-4,6,11-12H2,1H3,(H,13,14). The Kier molecular flexibility index (Phi) is 5.37. The van der Waals surface area contributed by atoms with Gasteiger partial charge in [0, 0.05) is 0 Å². The predicted molar refractivity (Wildman–Crippen MR) is 64.9 cm³/mol. The Labute approximate surface area is 98.9 Å². The monoisotopic (exact) mass is 243 g/mol. The van der Waals surface area contributed by atoms with Crippen molar-refractivity contribution in [3.8, 4) is 0 Å². The van der Waals surface area contributed by atoms with Gasteiger partial charge in [-0.3, -0.25) is 10.2 Å². The first-order valence-electron chi connectivity index (χ1n) is 5.07. The van der Waals surface area contributed by atoms with Crippen molar-refractivity contribution < 1.29 is 9.21 Å². The summed E-state index contributed by atoms with van der Waals surface area (Å²) in [5.41, 5.74) is 7.98. The van der Waals surface area contributed by atoms with Gasteiger partial charge in [-0.25, -0.2) is 5.84 Å². The van der Waals surface area contributed by atoms with Crippen LogP contribution in [-0.4, -0.2) is 18.2 Å². The molecule has 6 heteroatoms. The smallest absolute Gasteiger partial charge is 0.268 e. The minimum Gasteiger partial charge on any atom is -0.465 e. The normalized spacial score (nSPS) is 10.4. The molecule has 5 nitrogen and oxygen atoms in total. The van der Waals surface area contributed by atoms with Crippen LogP contribution in [0.25, 0.3) is 0 Å². The number of hydrazine groups is 1. The van der Waals surface area contributed by atoms with E-state index in [4.69, 9.17) is 16.0 Å². The van der Waals surface area contributed by atoms with E-state index in [1.54, 1.807) is 24.8 Å². The molecule has 0 aliphatic heterocycles. The number of carbonyl (C=O) groups is 1. The Morgan fingerprint density at radius 1 is 1.62 bits per heavy atom. The number of carbonyl (C=O) groups excluding carboxylic acids is 1. The van der Waals surface area contributed by atoms with E-state index in [2.05, 4.69) is 5.43 Å². The van der Waals surface area contributed by atoms with E-state index in [1.165, 1.54) is 0 Å². The summed E-state index contributed by atoms with van der Waals surface area (Å²) >= 11 is 1.74. The van der Waals surface area contributed by atoms with Gasteiger partial charge in [-0.15, -0.1) is 0 Å². The van der Waals surface area contributed by atoms with Gasteiger partial charge < -0.3 is 10.2 Å². The summed E-state index contributed by atoms with van der Waals surface area (Å²) in [6.07, 6.45) is 0.987. The van der Waals surface area contributed by atoms with E-state index in [1.807, 2.05) is 0 Å². The van der Waals surface area contributed by atoms with Crippen molar-refractivity contribution >= 4 is 17.7 Å². The number of amides is 1. The van der Waals surface area contributed by atoms with E-state index in [0.29, 0.717) is 17.9 Å². The Balaban J connectivity index is 2.52. The fourth-order valence-electron chi connectivity index (χ4n) is 1.28. The van der Waals surface area contributed by atoms with Crippen molar-refractivity contribution in [2.45, 2.75) is 19.1 Å². The maximum atomic E-state index is 11.3. The second-order valence-corrected chi connectivity index (χ2v) is 4.46. The van der Waals surface area contributed by atoms with Crippen molar-refractivity contribution in [1.29, 1.82) is 0 Å². The van der Waals surface area contributed by atoms with E-state index in [0.717, 1.165) is 23.7 Å². The lowest BCUT2D eigenvalue weighted by Gasteiger charge is -1.96. The van der Waals surface area contributed by atoms with Gasteiger partial charge >= 0.3 is 0 Å².